The zero-order valence-electron chi connectivity index (χ0n) is 14.6. The summed E-state index contributed by atoms with van der Waals surface area (Å²) >= 11 is 0. The number of hydrogen-bond acceptors (Lipinski definition) is 4. The lowest BCUT2D eigenvalue weighted by atomic mass is 10.3. The number of aliphatic imine (C=N–C) groups is 1. The van der Waals surface area contributed by atoms with Crippen LogP contribution in [0.3, 0.4) is 0 Å². The molecule has 2 rings (SSSR count). The number of carbonyl (C=O) groups excluding carboxylic acids is 1. The highest BCUT2D eigenvalue weighted by Gasteiger charge is 2.25. The molecule has 1 fully saturated rings. The molecule has 1 aromatic heterocycles. The zero-order valence-corrected chi connectivity index (χ0v) is 16.9. The fourth-order valence-corrected chi connectivity index (χ4v) is 2.60. The molecule has 0 aliphatic carbocycles. The van der Waals surface area contributed by atoms with Crippen LogP contribution in [0.25, 0.3) is 0 Å². The maximum Gasteiger partial charge on any atom is 0.241 e. The van der Waals surface area contributed by atoms with Crippen LogP contribution in [0.15, 0.2) is 23.3 Å². The Morgan fingerprint density at radius 2 is 2.16 bits per heavy atom. The van der Waals surface area contributed by atoms with E-state index in [1.54, 1.807) is 12.3 Å². The number of halogens is 2. The van der Waals surface area contributed by atoms with Gasteiger partial charge in [0.15, 0.2) is 17.6 Å². The maximum atomic E-state index is 13.8. The van der Waals surface area contributed by atoms with Crippen molar-refractivity contribution in [3.63, 3.8) is 0 Å². The molecule has 140 valence electrons. The molecule has 25 heavy (non-hydrogen) atoms. The summed E-state index contributed by atoms with van der Waals surface area (Å²) in [6.07, 6.45) is 2.44. The van der Waals surface area contributed by atoms with E-state index in [2.05, 4.69) is 25.9 Å². The van der Waals surface area contributed by atoms with Crippen molar-refractivity contribution in [1.82, 2.24) is 20.9 Å². The highest BCUT2D eigenvalue weighted by Crippen LogP contribution is 2.20. The fraction of sp³-hybridized carbons (Fsp3) is 0.562. The van der Waals surface area contributed by atoms with E-state index in [1.807, 2.05) is 18.7 Å². The molecule has 0 saturated carbocycles. The summed E-state index contributed by atoms with van der Waals surface area (Å²) in [5.41, 5.74) is 0. The van der Waals surface area contributed by atoms with Crippen molar-refractivity contribution in [3.8, 4) is 0 Å². The number of hydrogen-bond donors (Lipinski definition) is 3. The SMILES string of the molecule is CCNC(=O)CN=C(NCC)NC1CCN(c2ncccc2F)C1.I. The van der Waals surface area contributed by atoms with Crippen LogP contribution >= 0.6 is 24.0 Å². The topological polar surface area (TPSA) is 81.6 Å². The van der Waals surface area contributed by atoms with Crippen molar-refractivity contribution in [2.45, 2.75) is 26.3 Å². The predicted octanol–water partition coefficient (Wildman–Crippen LogP) is 1.11. The molecule has 0 spiro atoms. The first-order valence-corrected chi connectivity index (χ1v) is 8.31. The Hall–Kier alpha value is -1.65. The van der Waals surface area contributed by atoms with E-state index in [-0.39, 0.29) is 48.3 Å². The molecule has 0 bridgehead atoms. The van der Waals surface area contributed by atoms with Gasteiger partial charge in [0.05, 0.1) is 0 Å². The molecule has 7 nitrogen and oxygen atoms in total. The molecule has 9 heteroatoms. The van der Waals surface area contributed by atoms with Crippen LogP contribution in [0.5, 0.6) is 0 Å². The van der Waals surface area contributed by atoms with Gasteiger partial charge >= 0.3 is 0 Å². The van der Waals surface area contributed by atoms with Gasteiger partial charge in [-0.2, -0.15) is 0 Å². The van der Waals surface area contributed by atoms with Crippen molar-refractivity contribution in [3.05, 3.63) is 24.1 Å². The Morgan fingerprint density at radius 3 is 2.84 bits per heavy atom. The third-order valence-electron chi connectivity index (χ3n) is 3.67. The van der Waals surface area contributed by atoms with E-state index in [4.69, 9.17) is 0 Å². The number of pyridine rings is 1. The Labute approximate surface area is 164 Å². The smallest absolute Gasteiger partial charge is 0.241 e. The monoisotopic (exact) mass is 464 g/mol. The molecule has 1 atom stereocenters. The van der Waals surface area contributed by atoms with Gasteiger partial charge in [0.25, 0.3) is 0 Å². The average molecular weight is 464 g/mol. The summed E-state index contributed by atoms with van der Waals surface area (Å²) in [5.74, 6) is 0.552. The highest BCUT2D eigenvalue weighted by molar-refractivity contribution is 14.0. The Balaban J connectivity index is 0.00000312. The second-order valence-electron chi connectivity index (χ2n) is 5.53. The number of amides is 1. The third-order valence-corrected chi connectivity index (χ3v) is 3.67. The van der Waals surface area contributed by atoms with E-state index in [0.29, 0.717) is 31.4 Å². The van der Waals surface area contributed by atoms with Gasteiger partial charge < -0.3 is 20.9 Å². The molecule has 1 aliphatic heterocycles. The van der Waals surface area contributed by atoms with Gasteiger partial charge in [-0.25, -0.2) is 14.4 Å². The Kier molecular flexibility index (Phi) is 9.46. The normalized spacial score (nSPS) is 17.0. The third kappa shape index (κ3) is 6.63. The van der Waals surface area contributed by atoms with Crippen LogP contribution in [0.2, 0.25) is 0 Å². The number of nitrogens with one attached hydrogen (secondary N) is 3. The number of likely N-dealkylation sites (N-methyl/N-ethyl adjacent to an activating group) is 1. The predicted molar refractivity (Wildman–Crippen MR) is 108 cm³/mol. The van der Waals surface area contributed by atoms with E-state index >= 15 is 0 Å². The molecule has 0 aromatic carbocycles. The summed E-state index contributed by atoms with van der Waals surface area (Å²) in [4.78, 5) is 21.8. The molecule has 3 N–H and O–H groups in total. The summed E-state index contributed by atoms with van der Waals surface area (Å²) < 4.78 is 13.8. The maximum absolute atomic E-state index is 13.8. The van der Waals surface area contributed by atoms with Crippen molar-refractivity contribution < 1.29 is 9.18 Å². The standard InChI is InChI=1S/C16H25FN6O.HI/c1-3-18-14(24)10-21-16(19-4-2)22-12-7-9-23(11-12)15-13(17)6-5-8-20-15;/h5-6,8,12H,3-4,7,9-11H2,1-2H3,(H,18,24)(H2,19,21,22);1H. The van der Waals surface area contributed by atoms with Gasteiger partial charge in [0, 0.05) is 38.4 Å². The highest BCUT2D eigenvalue weighted by atomic mass is 127. The van der Waals surface area contributed by atoms with Gasteiger partial charge in [-0.1, -0.05) is 0 Å². The number of anilines is 1. The number of nitrogens with zero attached hydrogens (tertiary/aromatic N) is 3. The molecule has 1 saturated heterocycles. The van der Waals surface area contributed by atoms with Crippen LogP contribution in [0.1, 0.15) is 20.3 Å². The van der Waals surface area contributed by atoms with Crippen molar-refractivity contribution in [1.29, 1.82) is 0 Å². The van der Waals surface area contributed by atoms with Gasteiger partial charge in [0.1, 0.15) is 6.54 Å². The second kappa shape index (κ2) is 11.1. The van der Waals surface area contributed by atoms with Crippen LogP contribution in [-0.4, -0.2) is 55.6 Å². The molecule has 0 radical (unpaired) electrons. The lowest BCUT2D eigenvalue weighted by Crippen LogP contribution is -2.45. The minimum absolute atomic E-state index is 0. The average Bonchev–Trinajstić information content (AvgIpc) is 3.02. The fourth-order valence-electron chi connectivity index (χ4n) is 2.60. The van der Waals surface area contributed by atoms with Gasteiger partial charge in [-0.15, -0.1) is 24.0 Å². The van der Waals surface area contributed by atoms with E-state index in [0.717, 1.165) is 13.0 Å². The molecular weight excluding hydrogens is 438 g/mol. The molecular formula is C16H26FIN6O. The number of guanidine groups is 1. The quantitative estimate of drug-likeness (QED) is 0.334. The largest absolute Gasteiger partial charge is 0.357 e. The van der Waals surface area contributed by atoms with Crippen LogP contribution in [0.4, 0.5) is 10.2 Å². The van der Waals surface area contributed by atoms with Gasteiger partial charge in [0.2, 0.25) is 5.91 Å². The second-order valence-corrected chi connectivity index (χ2v) is 5.53. The van der Waals surface area contributed by atoms with E-state index in [1.165, 1.54) is 6.07 Å². The zero-order chi connectivity index (χ0) is 17.4. The number of rotatable bonds is 6. The molecule has 1 unspecified atom stereocenters. The van der Waals surface area contributed by atoms with E-state index in [9.17, 15) is 9.18 Å². The van der Waals surface area contributed by atoms with Gasteiger partial charge in [-0.05, 0) is 32.4 Å². The summed E-state index contributed by atoms with van der Waals surface area (Å²) in [5, 5.41) is 9.14. The van der Waals surface area contributed by atoms with Gasteiger partial charge in [-0.3, -0.25) is 4.79 Å². The molecule has 1 aromatic rings. The first-order valence-electron chi connectivity index (χ1n) is 8.31. The Morgan fingerprint density at radius 1 is 1.40 bits per heavy atom. The molecule has 1 amide bonds. The van der Waals surface area contributed by atoms with Crippen molar-refractivity contribution in [2.24, 2.45) is 4.99 Å². The lowest BCUT2D eigenvalue weighted by molar-refractivity contribution is -0.119. The minimum Gasteiger partial charge on any atom is -0.357 e. The van der Waals surface area contributed by atoms with Crippen molar-refractivity contribution in [2.75, 3.05) is 37.6 Å². The first kappa shape index (κ1) is 21.4. The minimum atomic E-state index is -0.310. The summed E-state index contributed by atoms with van der Waals surface area (Å²) in [6.45, 7) is 6.57. The molecule has 1 aliphatic rings. The molecule has 2 heterocycles. The van der Waals surface area contributed by atoms with Crippen LogP contribution < -0.4 is 20.9 Å². The van der Waals surface area contributed by atoms with Crippen LogP contribution in [0, 0.1) is 5.82 Å². The summed E-state index contributed by atoms with van der Waals surface area (Å²) in [6, 6.07) is 3.13. The number of aromatic nitrogens is 1. The van der Waals surface area contributed by atoms with Crippen molar-refractivity contribution >= 4 is 41.7 Å². The number of carbonyl (C=O) groups is 1. The Bertz CT molecular complexity index is 585. The van der Waals surface area contributed by atoms with E-state index < -0.39 is 0 Å². The first-order chi connectivity index (χ1) is 11.6. The summed E-state index contributed by atoms with van der Waals surface area (Å²) in [7, 11) is 0. The lowest BCUT2D eigenvalue weighted by Gasteiger charge is -2.19. The van der Waals surface area contributed by atoms with Crippen LogP contribution in [-0.2, 0) is 4.79 Å².